The molecule has 0 aliphatic carbocycles. The van der Waals surface area contributed by atoms with Gasteiger partial charge in [0.15, 0.2) is 0 Å². The fourth-order valence-corrected chi connectivity index (χ4v) is 6.46. The van der Waals surface area contributed by atoms with Gasteiger partial charge in [-0.15, -0.1) is 0 Å². The summed E-state index contributed by atoms with van der Waals surface area (Å²) in [7, 11) is 3.78. The first-order valence-corrected chi connectivity index (χ1v) is 13.5. The SMILES string of the molecule is COc1ccc2c3c(n(C)c2c1)[C@H](CO)N(Cc1ccc(Cl)cc1)CC31CCN(C(=O)NC(C)C)CC1. The number of aliphatic hydroxyl groups is 1. The fraction of sp³-hybridized carbons (Fsp3) is 0.483. The van der Waals surface area contributed by atoms with Crippen LogP contribution < -0.4 is 10.1 Å². The highest BCUT2D eigenvalue weighted by Crippen LogP contribution is 2.50. The van der Waals surface area contributed by atoms with Crippen molar-refractivity contribution in [3.05, 3.63) is 64.3 Å². The Hall–Kier alpha value is -2.74. The normalized spacial score (nSPS) is 19.4. The zero-order valence-electron chi connectivity index (χ0n) is 22.1. The molecule has 1 atom stereocenters. The van der Waals surface area contributed by atoms with E-state index in [2.05, 4.69) is 46.1 Å². The number of amides is 2. The van der Waals surface area contributed by atoms with Gasteiger partial charge in [-0.1, -0.05) is 23.7 Å². The van der Waals surface area contributed by atoms with E-state index >= 15 is 0 Å². The average molecular weight is 525 g/mol. The number of rotatable bonds is 5. The van der Waals surface area contributed by atoms with Gasteiger partial charge in [-0.25, -0.2) is 4.79 Å². The molecular formula is C29H37ClN4O3. The summed E-state index contributed by atoms with van der Waals surface area (Å²) in [4.78, 5) is 17.1. The van der Waals surface area contributed by atoms with E-state index in [4.69, 9.17) is 16.3 Å². The van der Waals surface area contributed by atoms with Crippen molar-refractivity contribution in [3.63, 3.8) is 0 Å². The van der Waals surface area contributed by atoms with E-state index < -0.39 is 0 Å². The Bertz CT molecular complexity index is 1280. The minimum Gasteiger partial charge on any atom is -0.497 e. The van der Waals surface area contributed by atoms with Crippen LogP contribution in [0.2, 0.25) is 5.02 Å². The molecule has 2 amide bonds. The predicted molar refractivity (Wildman–Crippen MR) is 147 cm³/mol. The van der Waals surface area contributed by atoms with Crippen LogP contribution in [0.1, 0.15) is 49.6 Å². The molecule has 37 heavy (non-hydrogen) atoms. The lowest BCUT2D eigenvalue weighted by atomic mass is 9.68. The topological polar surface area (TPSA) is 70.0 Å². The zero-order valence-corrected chi connectivity index (χ0v) is 22.9. The summed E-state index contributed by atoms with van der Waals surface area (Å²) >= 11 is 6.15. The van der Waals surface area contributed by atoms with Gasteiger partial charge in [-0.05, 0) is 62.1 Å². The number of likely N-dealkylation sites (tertiary alicyclic amines) is 1. The fourth-order valence-electron chi connectivity index (χ4n) is 6.34. The summed E-state index contributed by atoms with van der Waals surface area (Å²) in [5, 5.41) is 15.7. The lowest BCUT2D eigenvalue weighted by Gasteiger charge is -2.50. The summed E-state index contributed by atoms with van der Waals surface area (Å²) in [6.45, 7) is 6.94. The van der Waals surface area contributed by atoms with Gasteiger partial charge < -0.3 is 24.6 Å². The quantitative estimate of drug-likeness (QED) is 0.501. The van der Waals surface area contributed by atoms with E-state index in [1.165, 1.54) is 10.9 Å². The number of urea groups is 1. The molecule has 0 bridgehead atoms. The Morgan fingerprint density at radius 3 is 2.51 bits per heavy atom. The van der Waals surface area contributed by atoms with Gasteiger partial charge in [0.25, 0.3) is 0 Å². The maximum atomic E-state index is 12.8. The predicted octanol–water partition coefficient (Wildman–Crippen LogP) is 4.84. The van der Waals surface area contributed by atoms with Gasteiger partial charge >= 0.3 is 6.03 Å². The lowest BCUT2D eigenvalue weighted by Crippen LogP contribution is -2.56. The Morgan fingerprint density at radius 1 is 1.19 bits per heavy atom. The van der Waals surface area contributed by atoms with E-state index in [1.807, 2.05) is 36.9 Å². The van der Waals surface area contributed by atoms with Gasteiger partial charge in [-0.3, -0.25) is 4.90 Å². The molecule has 1 saturated heterocycles. The summed E-state index contributed by atoms with van der Waals surface area (Å²) in [6.07, 6.45) is 1.73. The highest BCUT2D eigenvalue weighted by Gasteiger charge is 2.48. The average Bonchev–Trinajstić information content (AvgIpc) is 3.18. The minimum absolute atomic E-state index is 0.00907. The maximum absolute atomic E-state index is 12.8. The number of fused-ring (bicyclic) bond motifs is 4. The maximum Gasteiger partial charge on any atom is 0.317 e. The molecule has 198 valence electrons. The molecule has 2 N–H and O–H groups in total. The summed E-state index contributed by atoms with van der Waals surface area (Å²) in [5.41, 5.74) is 4.62. The third-order valence-electron chi connectivity index (χ3n) is 8.14. The van der Waals surface area contributed by atoms with Crippen LogP contribution in [0, 0.1) is 0 Å². The standard InChI is InChI=1S/C29H37ClN4O3/c1-19(2)31-28(36)33-13-11-29(12-14-33)18-34(16-20-5-7-21(30)8-6-20)25(17-35)27-26(29)23-10-9-22(37-4)15-24(23)32(27)3/h5-10,15,19,25,35H,11-14,16-18H2,1-4H3,(H,31,36)/t25-/m0/s1. The number of halogens is 1. The number of carbonyl (C=O) groups excluding carboxylic acids is 1. The van der Waals surface area contributed by atoms with Crippen molar-refractivity contribution >= 4 is 28.5 Å². The largest absolute Gasteiger partial charge is 0.497 e. The Balaban J connectivity index is 1.58. The van der Waals surface area contributed by atoms with E-state index in [0.717, 1.165) is 46.9 Å². The zero-order chi connectivity index (χ0) is 26.3. The Labute approximate surface area is 223 Å². The van der Waals surface area contributed by atoms with E-state index in [-0.39, 0.29) is 30.1 Å². The molecule has 1 spiro atoms. The van der Waals surface area contributed by atoms with E-state index in [9.17, 15) is 9.90 Å². The number of aromatic nitrogens is 1. The Morgan fingerprint density at radius 2 is 1.89 bits per heavy atom. The first kappa shape index (κ1) is 25.9. The van der Waals surface area contributed by atoms with Crippen molar-refractivity contribution in [2.75, 3.05) is 33.4 Å². The van der Waals surface area contributed by atoms with Crippen molar-refractivity contribution in [2.45, 2.75) is 50.7 Å². The number of piperidine rings is 1. The number of aryl methyl sites for hydroxylation is 1. The number of carbonyl (C=O) groups is 1. The van der Waals surface area contributed by atoms with Gasteiger partial charge in [-0.2, -0.15) is 0 Å². The van der Waals surface area contributed by atoms with Crippen molar-refractivity contribution in [1.82, 2.24) is 19.7 Å². The second-order valence-corrected chi connectivity index (χ2v) is 11.2. The molecule has 1 fully saturated rings. The number of aliphatic hydroxyl groups excluding tert-OH is 1. The van der Waals surface area contributed by atoms with Crippen LogP contribution in [0.4, 0.5) is 4.79 Å². The van der Waals surface area contributed by atoms with Gasteiger partial charge in [0, 0.05) is 66.9 Å². The molecule has 2 aliphatic heterocycles. The first-order valence-electron chi connectivity index (χ1n) is 13.1. The molecule has 2 aliphatic rings. The lowest BCUT2D eigenvalue weighted by molar-refractivity contribution is 0.0466. The third-order valence-corrected chi connectivity index (χ3v) is 8.39. The molecule has 5 rings (SSSR count). The summed E-state index contributed by atoms with van der Waals surface area (Å²) in [6, 6.07) is 14.2. The van der Waals surface area contributed by atoms with Gasteiger partial charge in [0.1, 0.15) is 5.75 Å². The van der Waals surface area contributed by atoms with Gasteiger partial charge in [0.2, 0.25) is 0 Å². The Kier molecular flexibility index (Phi) is 7.14. The molecule has 3 heterocycles. The molecule has 1 aromatic heterocycles. The second kappa shape index (κ2) is 10.2. The van der Waals surface area contributed by atoms with Crippen molar-refractivity contribution in [3.8, 4) is 5.75 Å². The number of hydrogen-bond acceptors (Lipinski definition) is 4. The van der Waals surface area contributed by atoms with E-state index in [0.29, 0.717) is 19.6 Å². The minimum atomic E-state index is -0.137. The molecular weight excluding hydrogens is 488 g/mol. The van der Waals surface area contributed by atoms with Crippen LogP contribution in [0.3, 0.4) is 0 Å². The van der Waals surface area contributed by atoms with Crippen LogP contribution >= 0.6 is 11.6 Å². The van der Waals surface area contributed by atoms with Crippen LogP contribution in [0.5, 0.6) is 5.75 Å². The van der Waals surface area contributed by atoms with Crippen molar-refractivity contribution in [2.24, 2.45) is 7.05 Å². The molecule has 0 saturated carbocycles. The highest BCUT2D eigenvalue weighted by molar-refractivity contribution is 6.30. The highest BCUT2D eigenvalue weighted by atomic mass is 35.5. The molecule has 2 aromatic carbocycles. The number of benzene rings is 2. The molecule has 8 heteroatoms. The van der Waals surface area contributed by atoms with Crippen LogP contribution in [-0.2, 0) is 19.0 Å². The molecule has 0 radical (unpaired) electrons. The molecule has 3 aromatic rings. The van der Waals surface area contributed by atoms with E-state index in [1.54, 1.807) is 7.11 Å². The number of ether oxygens (including phenoxy) is 1. The third kappa shape index (κ3) is 4.69. The van der Waals surface area contributed by atoms with Crippen molar-refractivity contribution in [1.29, 1.82) is 0 Å². The molecule has 7 nitrogen and oxygen atoms in total. The van der Waals surface area contributed by atoms with Crippen LogP contribution in [-0.4, -0.2) is 64.9 Å². The number of hydrogen-bond donors (Lipinski definition) is 2. The molecule has 0 unspecified atom stereocenters. The van der Waals surface area contributed by atoms with Crippen molar-refractivity contribution < 1.29 is 14.6 Å². The second-order valence-electron chi connectivity index (χ2n) is 10.8. The summed E-state index contributed by atoms with van der Waals surface area (Å²) in [5.74, 6) is 0.818. The smallest absolute Gasteiger partial charge is 0.317 e. The number of nitrogens with zero attached hydrogens (tertiary/aromatic N) is 3. The van der Waals surface area contributed by atoms with Crippen LogP contribution in [0.15, 0.2) is 42.5 Å². The first-order chi connectivity index (χ1) is 17.8. The number of nitrogens with one attached hydrogen (secondary N) is 1. The van der Waals surface area contributed by atoms with Gasteiger partial charge in [0.05, 0.1) is 25.3 Å². The monoisotopic (exact) mass is 524 g/mol. The van der Waals surface area contributed by atoms with Crippen LogP contribution in [0.25, 0.3) is 10.9 Å². The summed E-state index contributed by atoms with van der Waals surface area (Å²) < 4.78 is 7.78. The number of methoxy groups -OCH3 is 1.